The number of benzene rings is 1. The van der Waals surface area contributed by atoms with Crippen LogP contribution in [0.1, 0.15) is 12.0 Å². The van der Waals surface area contributed by atoms with Crippen molar-refractivity contribution in [1.29, 1.82) is 0 Å². The zero-order valence-electron chi connectivity index (χ0n) is 12.9. The van der Waals surface area contributed by atoms with E-state index >= 15 is 0 Å². The molecule has 0 spiro atoms. The molecule has 0 bridgehead atoms. The van der Waals surface area contributed by atoms with Crippen LogP contribution in [0, 0.1) is 0 Å². The molecule has 0 aromatic heterocycles. The van der Waals surface area contributed by atoms with Crippen molar-refractivity contribution >= 4 is 28.1 Å². The average Bonchev–Trinajstić information content (AvgIpc) is 2.57. The molecule has 1 aromatic rings. The van der Waals surface area contributed by atoms with E-state index in [-0.39, 0.29) is 19.6 Å². The van der Waals surface area contributed by atoms with Gasteiger partial charge in [0.1, 0.15) is 5.60 Å². The number of aliphatic hydroxyl groups is 1. The smallest absolute Gasteiger partial charge is 0.318 e. The van der Waals surface area contributed by atoms with E-state index in [1.807, 2.05) is 12.1 Å². The van der Waals surface area contributed by atoms with E-state index in [2.05, 4.69) is 9.05 Å². The molecule has 10 heteroatoms. The summed E-state index contributed by atoms with van der Waals surface area (Å²) in [5.74, 6) is 0. The molecule has 2 atom stereocenters. The third kappa shape index (κ3) is 8.43. The molecule has 0 aliphatic heterocycles. The first kappa shape index (κ1) is 20.8. The molecular formula is C13H21ClO7P2. The van der Waals surface area contributed by atoms with Crippen LogP contribution in [0.15, 0.2) is 24.3 Å². The van der Waals surface area contributed by atoms with Crippen LogP contribution >= 0.6 is 28.1 Å². The number of halogens is 1. The lowest BCUT2D eigenvalue weighted by Gasteiger charge is -2.27. The van der Waals surface area contributed by atoms with Gasteiger partial charge in [0.05, 0.1) is 13.2 Å². The molecule has 1 aromatic carbocycles. The Morgan fingerprint density at radius 3 is 1.96 bits per heavy atom. The Labute approximate surface area is 141 Å². The second-order valence-electron chi connectivity index (χ2n) is 4.84. The monoisotopic (exact) mass is 386 g/mol. The first-order chi connectivity index (χ1) is 10.9. The molecule has 0 saturated heterocycles. The fraction of sp³-hybridized carbons (Fsp3) is 0.538. The molecule has 7 nitrogen and oxygen atoms in total. The maximum absolute atomic E-state index is 11.3. The normalized spacial score (nSPS) is 16.7. The van der Waals surface area contributed by atoms with Crippen molar-refractivity contribution in [2.75, 3.05) is 27.4 Å². The van der Waals surface area contributed by atoms with Crippen LogP contribution in [0.3, 0.4) is 0 Å². The Morgan fingerprint density at radius 1 is 1.04 bits per heavy atom. The van der Waals surface area contributed by atoms with Crippen molar-refractivity contribution in [3.63, 3.8) is 0 Å². The van der Waals surface area contributed by atoms with E-state index in [9.17, 15) is 14.2 Å². The molecule has 0 radical (unpaired) electrons. The van der Waals surface area contributed by atoms with Crippen molar-refractivity contribution in [1.82, 2.24) is 0 Å². The van der Waals surface area contributed by atoms with Gasteiger partial charge in [-0.25, -0.2) is 0 Å². The number of aryl methyl sites for hydroxylation is 1. The summed E-state index contributed by atoms with van der Waals surface area (Å²) in [4.78, 5) is 0. The standard InChI is InChI=1S/C13H21ClO7P2/c1-18-22(16)20-9-13(15,10-21-23(17)19-2)8-7-11-3-5-12(14)6-4-11/h3-6,15,22-23H,7-10H2,1-2H3. The summed E-state index contributed by atoms with van der Waals surface area (Å²) in [6.45, 7) is -0.545. The maximum atomic E-state index is 11.3. The van der Waals surface area contributed by atoms with Gasteiger partial charge in [-0.3, -0.25) is 9.13 Å². The molecule has 0 amide bonds. The van der Waals surface area contributed by atoms with Gasteiger partial charge in [-0.1, -0.05) is 23.7 Å². The molecule has 1 N–H and O–H groups in total. The van der Waals surface area contributed by atoms with Crippen LogP contribution in [0.25, 0.3) is 0 Å². The summed E-state index contributed by atoms with van der Waals surface area (Å²) in [7, 11) is -2.86. The van der Waals surface area contributed by atoms with Crippen molar-refractivity contribution in [3.05, 3.63) is 34.9 Å². The molecule has 1 rings (SSSR count). The van der Waals surface area contributed by atoms with Crippen LogP contribution in [-0.4, -0.2) is 38.1 Å². The lowest BCUT2D eigenvalue weighted by atomic mass is 9.96. The second-order valence-corrected chi connectivity index (χ2v) is 7.67. The molecule has 132 valence electrons. The zero-order chi connectivity index (χ0) is 17.3. The average molecular weight is 387 g/mol. The van der Waals surface area contributed by atoms with Gasteiger partial charge in [0.25, 0.3) is 0 Å². The van der Waals surface area contributed by atoms with Gasteiger partial charge < -0.3 is 23.2 Å². The molecule has 0 fully saturated rings. The summed E-state index contributed by atoms with van der Waals surface area (Å²) >= 11 is 5.82. The van der Waals surface area contributed by atoms with Crippen molar-refractivity contribution in [2.45, 2.75) is 18.4 Å². The topological polar surface area (TPSA) is 91.3 Å². The third-order valence-electron chi connectivity index (χ3n) is 3.04. The number of hydrogen-bond donors (Lipinski definition) is 1. The Kier molecular flexibility index (Phi) is 9.59. The van der Waals surface area contributed by atoms with E-state index in [0.29, 0.717) is 11.4 Å². The Hall–Kier alpha value is -0.230. The molecule has 0 aliphatic carbocycles. The summed E-state index contributed by atoms with van der Waals surface area (Å²) in [5, 5.41) is 11.2. The Morgan fingerprint density at radius 2 is 1.52 bits per heavy atom. The highest BCUT2D eigenvalue weighted by Gasteiger charge is 2.29. The number of rotatable bonds is 11. The van der Waals surface area contributed by atoms with Gasteiger partial charge in [-0.15, -0.1) is 0 Å². The molecule has 0 aliphatic rings. The van der Waals surface area contributed by atoms with Gasteiger partial charge in [-0.2, -0.15) is 0 Å². The highest BCUT2D eigenvalue weighted by molar-refractivity contribution is 7.33. The van der Waals surface area contributed by atoms with E-state index in [4.69, 9.17) is 20.6 Å². The Balaban J connectivity index is 2.66. The minimum Gasteiger partial charge on any atom is -0.385 e. The van der Waals surface area contributed by atoms with Gasteiger partial charge in [0, 0.05) is 19.2 Å². The highest BCUT2D eigenvalue weighted by atomic mass is 35.5. The van der Waals surface area contributed by atoms with Crippen molar-refractivity contribution in [2.24, 2.45) is 0 Å². The fourth-order valence-electron chi connectivity index (χ4n) is 1.72. The summed E-state index contributed by atoms with van der Waals surface area (Å²) in [6, 6.07) is 7.16. The summed E-state index contributed by atoms with van der Waals surface area (Å²) < 4.78 is 41.6. The van der Waals surface area contributed by atoms with Crippen LogP contribution in [-0.2, 0) is 33.6 Å². The maximum Gasteiger partial charge on any atom is 0.318 e. The molecule has 0 saturated carbocycles. The van der Waals surface area contributed by atoms with E-state index < -0.39 is 22.1 Å². The SMILES string of the molecule is CO[PH](=O)OCC(O)(CCc1ccc(Cl)cc1)CO[PH](=O)OC. The molecule has 0 heterocycles. The molecular weight excluding hydrogens is 366 g/mol. The first-order valence-corrected chi connectivity index (χ1v) is 9.59. The lowest BCUT2D eigenvalue weighted by molar-refractivity contribution is -0.0474. The van der Waals surface area contributed by atoms with Gasteiger partial charge in [0.2, 0.25) is 0 Å². The minimum absolute atomic E-state index is 0.242. The lowest BCUT2D eigenvalue weighted by Crippen LogP contribution is -2.39. The van der Waals surface area contributed by atoms with E-state index in [1.54, 1.807) is 12.1 Å². The minimum atomic E-state index is -2.68. The quantitative estimate of drug-likeness (QED) is 0.584. The first-order valence-electron chi connectivity index (χ1n) is 6.77. The Bertz CT molecular complexity index is 504. The van der Waals surface area contributed by atoms with Gasteiger partial charge in [-0.05, 0) is 30.5 Å². The fourth-order valence-corrected chi connectivity index (χ4v) is 2.85. The highest BCUT2D eigenvalue weighted by Crippen LogP contribution is 2.30. The van der Waals surface area contributed by atoms with Crippen LogP contribution in [0.5, 0.6) is 0 Å². The summed E-state index contributed by atoms with van der Waals surface area (Å²) in [5.41, 5.74) is -0.524. The van der Waals surface area contributed by atoms with Crippen molar-refractivity contribution < 1.29 is 32.3 Å². The second kappa shape index (κ2) is 10.6. The van der Waals surface area contributed by atoms with E-state index in [1.165, 1.54) is 14.2 Å². The van der Waals surface area contributed by atoms with Crippen LogP contribution in [0.4, 0.5) is 0 Å². The molecule has 23 heavy (non-hydrogen) atoms. The third-order valence-corrected chi connectivity index (χ3v) is 4.72. The van der Waals surface area contributed by atoms with Crippen LogP contribution in [0.2, 0.25) is 5.02 Å². The largest absolute Gasteiger partial charge is 0.385 e. The molecule has 2 unspecified atom stereocenters. The zero-order valence-corrected chi connectivity index (χ0v) is 15.7. The van der Waals surface area contributed by atoms with E-state index in [0.717, 1.165) is 5.56 Å². The van der Waals surface area contributed by atoms with Crippen LogP contribution < -0.4 is 0 Å². The van der Waals surface area contributed by atoms with Gasteiger partial charge >= 0.3 is 16.5 Å². The number of hydrogen-bond acceptors (Lipinski definition) is 7. The predicted molar refractivity (Wildman–Crippen MR) is 88.6 cm³/mol. The predicted octanol–water partition coefficient (Wildman–Crippen LogP) is 3.11. The van der Waals surface area contributed by atoms with Crippen molar-refractivity contribution in [3.8, 4) is 0 Å². The summed E-state index contributed by atoms with van der Waals surface area (Å²) in [6.07, 6.45) is 0.745. The van der Waals surface area contributed by atoms with Gasteiger partial charge in [0.15, 0.2) is 0 Å².